The molecule has 0 radical (unpaired) electrons. The Kier molecular flexibility index (Phi) is 4.90. The monoisotopic (exact) mass is 304 g/mol. The van der Waals surface area contributed by atoms with Crippen LogP contribution < -0.4 is 5.32 Å². The van der Waals surface area contributed by atoms with Gasteiger partial charge in [-0.15, -0.1) is 0 Å². The van der Waals surface area contributed by atoms with E-state index in [9.17, 15) is 9.59 Å². The van der Waals surface area contributed by atoms with Gasteiger partial charge in [0, 0.05) is 17.4 Å². The molecule has 0 saturated heterocycles. The summed E-state index contributed by atoms with van der Waals surface area (Å²) in [5, 5.41) is 12.1. The molecule has 1 heterocycles. The zero-order chi connectivity index (χ0) is 15.2. The van der Waals surface area contributed by atoms with Crippen LogP contribution in [0.2, 0.25) is 5.02 Å². The number of amides is 1. The van der Waals surface area contributed by atoms with Crippen molar-refractivity contribution in [1.82, 2.24) is 10.3 Å². The Morgan fingerprint density at radius 3 is 2.62 bits per heavy atom. The number of carbonyl (C=O) groups is 2. The molecular formula is C15H13ClN2O3. The SMILES string of the molecule is O=C(O)CC(NC(=O)c1cccnc1)c1ccccc1Cl. The van der Waals surface area contributed by atoms with Crippen LogP contribution >= 0.6 is 11.6 Å². The Hall–Kier alpha value is -2.40. The van der Waals surface area contributed by atoms with Crippen molar-refractivity contribution in [3.05, 3.63) is 64.9 Å². The second kappa shape index (κ2) is 6.85. The van der Waals surface area contributed by atoms with Crippen molar-refractivity contribution in [3.8, 4) is 0 Å². The highest BCUT2D eigenvalue weighted by molar-refractivity contribution is 6.31. The van der Waals surface area contributed by atoms with Gasteiger partial charge in [-0.3, -0.25) is 14.6 Å². The van der Waals surface area contributed by atoms with E-state index < -0.39 is 17.9 Å². The first kappa shape index (κ1) is 15.0. The van der Waals surface area contributed by atoms with Crippen molar-refractivity contribution in [3.63, 3.8) is 0 Å². The van der Waals surface area contributed by atoms with Crippen molar-refractivity contribution < 1.29 is 14.7 Å². The minimum absolute atomic E-state index is 0.254. The smallest absolute Gasteiger partial charge is 0.305 e. The number of rotatable bonds is 5. The quantitative estimate of drug-likeness (QED) is 0.890. The van der Waals surface area contributed by atoms with Gasteiger partial charge >= 0.3 is 5.97 Å². The first-order valence-corrected chi connectivity index (χ1v) is 6.63. The Morgan fingerprint density at radius 2 is 2.00 bits per heavy atom. The molecular weight excluding hydrogens is 292 g/mol. The number of hydrogen-bond acceptors (Lipinski definition) is 3. The van der Waals surface area contributed by atoms with Crippen LogP contribution in [0.3, 0.4) is 0 Å². The van der Waals surface area contributed by atoms with Gasteiger partial charge < -0.3 is 10.4 Å². The van der Waals surface area contributed by atoms with Gasteiger partial charge in [0.05, 0.1) is 18.0 Å². The van der Waals surface area contributed by atoms with E-state index in [1.54, 1.807) is 42.6 Å². The molecule has 0 aliphatic heterocycles. The summed E-state index contributed by atoms with van der Waals surface area (Å²) in [6.07, 6.45) is 2.72. The summed E-state index contributed by atoms with van der Waals surface area (Å²) < 4.78 is 0. The number of benzene rings is 1. The zero-order valence-electron chi connectivity index (χ0n) is 11.0. The molecule has 2 N–H and O–H groups in total. The molecule has 1 atom stereocenters. The lowest BCUT2D eigenvalue weighted by molar-refractivity contribution is -0.137. The number of pyridine rings is 1. The van der Waals surface area contributed by atoms with E-state index in [2.05, 4.69) is 10.3 Å². The molecule has 6 heteroatoms. The third-order valence-corrected chi connectivity index (χ3v) is 3.23. The maximum Gasteiger partial charge on any atom is 0.305 e. The maximum absolute atomic E-state index is 12.1. The van der Waals surface area contributed by atoms with Crippen LogP contribution in [0.15, 0.2) is 48.8 Å². The van der Waals surface area contributed by atoms with Crippen molar-refractivity contribution in [2.24, 2.45) is 0 Å². The van der Waals surface area contributed by atoms with Crippen LogP contribution in [0.25, 0.3) is 0 Å². The van der Waals surface area contributed by atoms with Crippen LogP contribution in [0, 0.1) is 0 Å². The van der Waals surface area contributed by atoms with Gasteiger partial charge in [0.2, 0.25) is 0 Å². The van der Waals surface area contributed by atoms with Crippen molar-refractivity contribution >= 4 is 23.5 Å². The minimum atomic E-state index is -1.02. The predicted molar refractivity (Wildman–Crippen MR) is 78.1 cm³/mol. The summed E-state index contributed by atoms with van der Waals surface area (Å²) in [4.78, 5) is 27.0. The summed E-state index contributed by atoms with van der Waals surface area (Å²) in [7, 11) is 0. The Morgan fingerprint density at radius 1 is 1.24 bits per heavy atom. The van der Waals surface area contributed by atoms with Crippen molar-refractivity contribution in [1.29, 1.82) is 0 Å². The third-order valence-electron chi connectivity index (χ3n) is 2.89. The molecule has 1 aromatic heterocycles. The average Bonchev–Trinajstić information content (AvgIpc) is 2.47. The summed E-state index contributed by atoms with van der Waals surface area (Å²) >= 11 is 6.08. The van der Waals surface area contributed by atoms with Gasteiger partial charge in [0.1, 0.15) is 0 Å². The van der Waals surface area contributed by atoms with Gasteiger partial charge in [-0.1, -0.05) is 29.8 Å². The number of hydrogen-bond donors (Lipinski definition) is 2. The fourth-order valence-electron chi connectivity index (χ4n) is 1.91. The standard InChI is InChI=1S/C15H13ClN2O3/c16-12-6-2-1-5-11(12)13(8-14(19)20)18-15(21)10-4-3-7-17-9-10/h1-7,9,13H,8H2,(H,18,21)(H,19,20). The molecule has 21 heavy (non-hydrogen) atoms. The topological polar surface area (TPSA) is 79.3 Å². The molecule has 108 valence electrons. The molecule has 1 amide bonds. The van der Waals surface area contributed by atoms with Crippen LogP contribution in [-0.2, 0) is 4.79 Å². The van der Waals surface area contributed by atoms with Gasteiger partial charge in [-0.25, -0.2) is 0 Å². The van der Waals surface area contributed by atoms with E-state index >= 15 is 0 Å². The van der Waals surface area contributed by atoms with E-state index in [-0.39, 0.29) is 6.42 Å². The highest BCUT2D eigenvalue weighted by Crippen LogP contribution is 2.25. The Balaban J connectivity index is 2.23. The molecule has 2 rings (SSSR count). The van der Waals surface area contributed by atoms with Gasteiger partial charge in [-0.05, 0) is 23.8 Å². The average molecular weight is 305 g/mol. The Labute approximate surface area is 126 Å². The first-order valence-electron chi connectivity index (χ1n) is 6.25. The second-order valence-electron chi connectivity index (χ2n) is 4.39. The number of carboxylic acids is 1. The summed E-state index contributed by atoms with van der Waals surface area (Å²) in [5.41, 5.74) is 0.929. The van der Waals surface area contributed by atoms with Gasteiger partial charge in [0.15, 0.2) is 0 Å². The van der Waals surface area contributed by atoms with Gasteiger partial charge in [0.25, 0.3) is 5.91 Å². The summed E-state index contributed by atoms with van der Waals surface area (Å²) in [6.45, 7) is 0. The number of carboxylic acid groups (broad SMARTS) is 1. The molecule has 2 aromatic rings. The van der Waals surface area contributed by atoms with Crippen molar-refractivity contribution in [2.45, 2.75) is 12.5 Å². The lowest BCUT2D eigenvalue weighted by Crippen LogP contribution is -2.30. The minimum Gasteiger partial charge on any atom is -0.481 e. The molecule has 0 spiro atoms. The molecule has 0 saturated carbocycles. The van der Waals surface area contributed by atoms with Gasteiger partial charge in [-0.2, -0.15) is 0 Å². The van der Waals surface area contributed by atoms with Crippen LogP contribution in [0.5, 0.6) is 0 Å². The number of nitrogens with one attached hydrogen (secondary N) is 1. The van der Waals surface area contributed by atoms with E-state index in [0.717, 1.165) is 0 Å². The van der Waals surface area contributed by atoms with E-state index in [0.29, 0.717) is 16.1 Å². The van der Waals surface area contributed by atoms with E-state index in [4.69, 9.17) is 16.7 Å². The predicted octanol–water partition coefficient (Wildman–Crippen LogP) is 2.68. The molecule has 5 nitrogen and oxygen atoms in total. The number of halogens is 1. The maximum atomic E-state index is 12.1. The normalized spacial score (nSPS) is 11.7. The molecule has 0 bridgehead atoms. The molecule has 1 unspecified atom stereocenters. The summed E-state index contributed by atoms with van der Waals surface area (Å²) in [6, 6.07) is 9.37. The lowest BCUT2D eigenvalue weighted by Gasteiger charge is -2.18. The molecule has 0 aliphatic carbocycles. The highest BCUT2D eigenvalue weighted by Gasteiger charge is 2.20. The van der Waals surface area contributed by atoms with E-state index in [1.807, 2.05) is 0 Å². The van der Waals surface area contributed by atoms with Crippen LogP contribution in [0.1, 0.15) is 28.4 Å². The second-order valence-corrected chi connectivity index (χ2v) is 4.79. The molecule has 0 fully saturated rings. The number of aromatic nitrogens is 1. The van der Waals surface area contributed by atoms with Crippen molar-refractivity contribution in [2.75, 3.05) is 0 Å². The molecule has 0 aliphatic rings. The Bertz CT molecular complexity index is 646. The summed E-state index contributed by atoms with van der Waals surface area (Å²) in [5.74, 6) is -1.42. The van der Waals surface area contributed by atoms with Crippen LogP contribution in [-0.4, -0.2) is 22.0 Å². The highest BCUT2D eigenvalue weighted by atomic mass is 35.5. The number of nitrogens with zero attached hydrogens (tertiary/aromatic N) is 1. The fraction of sp³-hybridized carbons (Fsp3) is 0.133. The lowest BCUT2D eigenvalue weighted by atomic mass is 10.0. The third kappa shape index (κ3) is 4.03. The van der Waals surface area contributed by atoms with Crippen LogP contribution in [0.4, 0.5) is 0 Å². The fourth-order valence-corrected chi connectivity index (χ4v) is 2.18. The van der Waals surface area contributed by atoms with E-state index in [1.165, 1.54) is 6.20 Å². The number of aliphatic carboxylic acids is 1. The largest absolute Gasteiger partial charge is 0.481 e. The number of carbonyl (C=O) groups excluding carboxylic acids is 1. The molecule has 1 aromatic carbocycles. The first-order chi connectivity index (χ1) is 10.1. The zero-order valence-corrected chi connectivity index (χ0v) is 11.7.